The first-order chi connectivity index (χ1) is 12.7. The lowest BCUT2D eigenvalue weighted by molar-refractivity contribution is 0.0635. The lowest BCUT2D eigenvalue weighted by Crippen LogP contribution is -2.50. The zero-order valence-electron chi connectivity index (χ0n) is 14.8. The number of nitrogens with one attached hydrogen (secondary N) is 1. The molecule has 0 atom stereocenters. The molecule has 1 fully saturated rings. The first kappa shape index (κ1) is 18.4. The van der Waals surface area contributed by atoms with E-state index in [0.717, 1.165) is 19.6 Å². The van der Waals surface area contributed by atoms with Crippen molar-refractivity contribution in [2.24, 2.45) is 0 Å². The van der Waals surface area contributed by atoms with Crippen molar-refractivity contribution >= 4 is 23.2 Å². The van der Waals surface area contributed by atoms with E-state index in [4.69, 9.17) is 4.74 Å². The first-order valence-corrected chi connectivity index (χ1v) is 9.58. The molecule has 2 aromatic rings. The van der Waals surface area contributed by atoms with Crippen LogP contribution in [0.1, 0.15) is 20.7 Å². The van der Waals surface area contributed by atoms with Gasteiger partial charge in [-0.2, -0.15) is 11.3 Å². The number of hydrogen-bond donors (Lipinski definition) is 1. The molecule has 1 aromatic carbocycles. The van der Waals surface area contributed by atoms with E-state index < -0.39 is 0 Å². The molecule has 0 saturated carbocycles. The second kappa shape index (κ2) is 8.82. The number of rotatable bonds is 6. The first-order valence-electron chi connectivity index (χ1n) is 8.64. The Bertz CT molecular complexity index is 740. The van der Waals surface area contributed by atoms with E-state index in [1.165, 1.54) is 11.3 Å². The number of carbonyl (C=O) groups excluding carboxylic acids is 2. The van der Waals surface area contributed by atoms with Gasteiger partial charge in [0.15, 0.2) is 0 Å². The number of para-hydroxylation sites is 1. The molecule has 2 heterocycles. The van der Waals surface area contributed by atoms with Crippen LogP contribution in [0.5, 0.6) is 5.75 Å². The molecule has 1 aromatic heterocycles. The molecule has 3 rings (SSSR count). The number of carbonyl (C=O) groups is 2. The Hall–Kier alpha value is -2.38. The monoisotopic (exact) mass is 373 g/mol. The van der Waals surface area contributed by atoms with Crippen LogP contribution in [0.15, 0.2) is 41.1 Å². The minimum Gasteiger partial charge on any atom is -0.496 e. The van der Waals surface area contributed by atoms with Gasteiger partial charge in [0.1, 0.15) is 5.75 Å². The van der Waals surface area contributed by atoms with Crippen molar-refractivity contribution in [1.82, 2.24) is 15.1 Å². The predicted molar refractivity (Wildman–Crippen MR) is 102 cm³/mol. The molecule has 26 heavy (non-hydrogen) atoms. The van der Waals surface area contributed by atoms with E-state index in [1.54, 1.807) is 19.2 Å². The molecular weight excluding hydrogens is 350 g/mol. The lowest BCUT2D eigenvalue weighted by atomic mass is 10.1. The predicted octanol–water partition coefficient (Wildman–Crippen LogP) is 1.94. The maximum atomic E-state index is 12.7. The molecule has 0 aliphatic carbocycles. The van der Waals surface area contributed by atoms with Gasteiger partial charge in [-0.05, 0) is 23.6 Å². The fourth-order valence-electron chi connectivity index (χ4n) is 2.99. The van der Waals surface area contributed by atoms with E-state index in [1.807, 2.05) is 33.9 Å². The van der Waals surface area contributed by atoms with Gasteiger partial charge in [0.2, 0.25) is 0 Å². The van der Waals surface area contributed by atoms with Gasteiger partial charge in [0, 0.05) is 50.2 Å². The van der Waals surface area contributed by atoms with Crippen molar-refractivity contribution in [1.29, 1.82) is 0 Å². The van der Waals surface area contributed by atoms with Gasteiger partial charge in [-0.15, -0.1) is 0 Å². The van der Waals surface area contributed by atoms with Crippen molar-refractivity contribution in [2.75, 3.05) is 46.4 Å². The van der Waals surface area contributed by atoms with Crippen LogP contribution in [-0.4, -0.2) is 68.0 Å². The van der Waals surface area contributed by atoms with Gasteiger partial charge in [-0.25, -0.2) is 0 Å². The summed E-state index contributed by atoms with van der Waals surface area (Å²) < 4.78 is 5.29. The molecule has 1 aliphatic rings. The Balaban J connectivity index is 1.44. The Morgan fingerprint density at radius 1 is 1.15 bits per heavy atom. The summed E-state index contributed by atoms with van der Waals surface area (Å²) in [5, 5.41) is 6.68. The highest BCUT2D eigenvalue weighted by atomic mass is 32.1. The van der Waals surface area contributed by atoms with Crippen LogP contribution in [0.2, 0.25) is 0 Å². The average Bonchev–Trinajstić information content (AvgIpc) is 3.23. The van der Waals surface area contributed by atoms with E-state index in [-0.39, 0.29) is 11.8 Å². The summed E-state index contributed by atoms with van der Waals surface area (Å²) >= 11 is 1.52. The molecule has 0 spiro atoms. The Labute approximate surface area is 157 Å². The number of ether oxygens (including phenoxy) is 1. The normalized spacial score (nSPS) is 14.9. The summed E-state index contributed by atoms with van der Waals surface area (Å²) in [4.78, 5) is 28.7. The molecule has 1 aliphatic heterocycles. The number of methoxy groups -OCH3 is 1. The summed E-state index contributed by atoms with van der Waals surface area (Å²) in [5.41, 5.74) is 1.31. The molecule has 0 bridgehead atoms. The van der Waals surface area contributed by atoms with Crippen LogP contribution in [-0.2, 0) is 0 Å². The van der Waals surface area contributed by atoms with Gasteiger partial charge in [-0.3, -0.25) is 14.5 Å². The highest BCUT2D eigenvalue weighted by Crippen LogP contribution is 2.20. The molecule has 138 valence electrons. The largest absolute Gasteiger partial charge is 0.496 e. The van der Waals surface area contributed by atoms with E-state index in [0.29, 0.717) is 36.5 Å². The summed E-state index contributed by atoms with van der Waals surface area (Å²) in [6.07, 6.45) is 0. The summed E-state index contributed by atoms with van der Waals surface area (Å²) in [6, 6.07) is 9.13. The quantitative estimate of drug-likeness (QED) is 0.841. The minimum absolute atomic E-state index is 0.00728. The number of hydrogen-bond acceptors (Lipinski definition) is 5. The minimum atomic E-state index is -0.0313. The van der Waals surface area contributed by atoms with Gasteiger partial charge in [-0.1, -0.05) is 12.1 Å². The highest BCUT2D eigenvalue weighted by Gasteiger charge is 2.23. The maximum absolute atomic E-state index is 12.7. The summed E-state index contributed by atoms with van der Waals surface area (Å²) in [7, 11) is 1.58. The van der Waals surface area contributed by atoms with Crippen molar-refractivity contribution in [2.45, 2.75) is 0 Å². The average molecular weight is 373 g/mol. The van der Waals surface area contributed by atoms with Gasteiger partial charge >= 0.3 is 0 Å². The van der Waals surface area contributed by atoms with Crippen LogP contribution in [0, 0.1) is 0 Å². The van der Waals surface area contributed by atoms with Crippen molar-refractivity contribution < 1.29 is 14.3 Å². The Morgan fingerprint density at radius 3 is 2.62 bits per heavy atom. The van der Waals surface area contributed by atoms with Crippen molar-refractivity contribution in [3.63, 3.8) is 0 Å². The number of nitrogens with zero attached hydrogens (tertiary/aromatic N) is 2. The van der Waals surface area contributed by atoms with Crippen LogP contribution < -0.4 is 10.1 Å². The van der Waals surface area contributed by atoms with Crippen LogP contribution in [0.25, 0.3) is 0 Å². The van der Waals surface area contributed by atoms with Gasteiger partial charge in [0.25, 0.3) is 11.8 Å². The Morgan fingerprint density at radius 2 is 1.92 bits per heavy atom. The number of benzene rings is 1. The molecule has 7 heteroatoms. The third-order valence-electron chi connectivity index (χ3n) is 4.49. The standard InChI is InChI=1S/C19H23N3O3S/c1-25-17-5-3-2-4-16(17)19(24)22-11-9-21(10-12-22)8-7-20-18(23)15-6-13-26-14-15/h2-6,13-14H,7-12H2,1H3,(H,20,23). The lowest BCUT2D eigenvalue weighted by Gasteiger charge is -2.35. The smallest absolute Gasteiger partial charge is 0.257 e. The second-order valence-electron chi connectivity index (χ2n) is 6.10. The molecule has 2 amide bonds. The van der Waals surface area contributed by atoms with E-state index in [9.17, 15) is 9.59 Å². The summed E-state index contributed by atoms with van der Waals surface area (Å²) in [5.74, 6) is 0.583. The molecule has 1 saturated heterocycles. The molecule has 6 nitrogen and oxygen atoms in total. The molecular formula is C19H23N3O3S. The van der Waals surface area contributed by atoms with Gasteiger partial charge < -0.3 is 15.0 Å². The number of amides is 2. The maximum Gasteiger partial charge on any atom is 0.257 e. The second-order valence-corrected chi connectivity index (χ2v) is 6.88. The number of piperazine rings is 1. The number of thiophene rings is 1. The Kier molecular flexibility index (Phi) is 6.25. The molecule has 0 radical (unpaired) electrons. The van der Waals surface area contributed by atoms with Gasteiger partial charge in [0.05, 0.1) is 12.7 Å². The highest BCUT2D eigenvalue weighted by molar-refractivity contribution is 7.08. The fourth-order valence-corrected chi connectivity index (χ4v) is 3.63. The van der Waals surface area contributed by atoms with Crippen molar-refractivity contribution in [3.05, 3.63) is 52.2 Å². The van der Waals surface area contributed by atoms with E-state index >= 15 is 0 Å². The fraction of sp³-hybridized carbons (Fsp3) is 0.368. The topological polar surface area (TPSA) is 61.9 Å². The summed E-state index contributed by atoms with van der Waals surface area (Å²) in [6.45, 7) is 4.34. The van der Waals surface area contributed by atoms with Crippen LogP contribution >= 0.6 is 11.3 Å². The van der Waals surface area contributed by atoms with Crippen LogP contribution in [0.3, 0.4) is 0 Å². The third kappa shape index (κ3) is 4.42. The molecule has 0 unspecified atom stereocenters. The molecule has 1 N–H and O–H groups in total. The zero-order chi connectivity index (χ0) is 18.4. The van der Waals surface area contributed by atoms with Crippen molar-refractivity contribution in [3.8, 4) is 5.75 Å². The third-order valence-corrected chi connectivity index (χ3v) is 5.18. The zero-order valence-corrected chi connectivity index (χ0v) is 15.6. The SMILES string of the molecule is COc1ccccc1C(=O)N1CCN(CCNC(=O)c2ccsc2)CC1. The van der Waals surface area contributed by atoms with Crippen LogP contribution in [0.4, 0.5) is 0 Å². The van der Waals surface area contributed by atoms with E-state index in [2.05, 4.69) is 10.2 Å².